The van der Waals surface area contributed by atoms with E-state index in [1.165, 1.54) is 0 Å². The molecule has 2 heterocycles. The van der Waals surface area contributed by atoms with E-state index in [1.807, 2.05) is 13.8 Å². The first-order chi connectivity index (χ1) is 6.22. The third kappa shape index (κ3) is 1.18. The largest absolute Gasteiger partial charge is 0.197 e. The maximum absolute atomic E-state index is 4.41. The Kier molecular flexibility index (Phi) is 1.76. The minimum Gasteiger partial charge on any atom is -0.197 e. The fraction of sp³-hybridized carbons (Fsp3) is 0.444. The molecule has 13 heavy (non-hydrogen) atoms. The van der Waals surface area contributed by atoms with Crippen molar-refractivity contribution in [2.24, 2.45) is 0 Å². The van der Waals surface area contributed by atoms with E-state index < -0.39 is 0 Å². The van der Waals surface area contributed by atoms with Gasteiger partial charge in [-0.15, -0.1) is 10.2 Å². The predicted octanol–water partition coefficient (Wildman–Crippen LogP) is 1.30. The summed E-state index contributed by atoms with van der Waals surface area (Å²) in [5.74, 6) is 0.841. The average molecular weight is 176 g/mol. The molecule has 0 spiro atoms. The Balaban J connectivity index is 2.80. The third-order valence-corrected chi connectivity index (χ3v) is 2.12. The van der Waals surface area contributed by atoms with E-state index in [-0.39, 0.29) is 0 Å². The van der Waals surface area contributed by atoms with Crippen molar-refractivity contribution >= 4 is 5.65 Å². The van der Waals surface area contributed by atoms with Crippen LogP contribution in [0.1, 0.15) is 24.0 Å². The van der Waals surface area contributed by atoms with E-state index in [1.54, 1.807) is 4.52 Å². The first-order valence-electron chi connectivity index (χ1n) is 4.41. The van der Waals surface area contributed by atoms with E-state index in [0.29, 0.717) is 0 Å². The molecule has 2 aromatic rings. The van der Waals surface area contributed by atoms with Crippen LogP contribution in [0.2, 0.25) is 0 Å². The Morgan fingerprint density at radius 1 is 1.31 bits per heavy atom. The standard InChI is InChI=1S/C9H12N4/c1-4-8-5-6(2)9-11-10-7(3)13(9)12-8/h5H,4H2,1-3H3. The molecule has 0 fully saturated rings. The molecule has 68 valence electrons. The van der Waals surface area contributed by atoms with Gasteiger partial charge in [0.05, 0.1) is 5.69 Å². The molecule has 2 rings (SSSR count). The van der Waals surface area contributed by atoms with Gasteiger partial charge in [-0.1, -0.05) is 6.92 Å². The summed E-state index contributed by atoms with van der Waals surface area (Å²) in [6.45, 7) is 6.03. The van der Waals surface area contributed by atoms with Crippen molar-refractivity contribution in [2.45, 2.75) is 27.2 Å². The molecule has 0 unspecified atom stereocenters. The molecular weight excluding hydrogens is 164 g/mol. The predicted molar refractivity (Wildman–Crippen MR) is 49.6 cm³/mol. The highest BCUT2D eigenvalue weighted by atomic mass is 15.4. The van der Waals surface area contributed by atoms with Gasteiger partial charge in [0.2, 0.25) is 0 Å². The fourth-order valence-corrected chi connectivity index (χ4v) is 1.37. The van der Waals surface area contributed by atoms with E-state index in [2.05, 4.69) is 28.3 Å². The van der Waals surface area contributed by atoms with Gasteiger partial charge in [-0.2, -0.15) is 9.61 Å². The minimum atomic E-state index is 0.841. The number of aryl methyl sites for hydroxylation is 3. The highest BCUT2D eigenvalue weighted by molar-refractivity contribution is 5.45. The second-order valence-electron chi connectivity index (χ2n) is 3.15. The first kappa shape index (κ1) is 8.16. The summed E-state index contributed by atoms with van der Waals surface area (Å²) in [7, 11) is 0. The van der Waals surface area contributed by atoms with Crippen molar-refractivity contribution in [1.29, 1.82) is 0 Å². The zero-order valence-electron chi connectivity index (χ0n) is 8.07. The lowest BCUT2D eigenvalue weighted by Gasteiger charge is -2.00. The molecule has 0 bridgehead atoms. The summed E-state index contributed by atoms with van der Waals surface area (Å²) in [6, 6.07) is 2.06. The summed E-state index contributed by atoms with van der Waals surface area (Å²) >= 11 is 0. The Morgan fingerprint density at radius 2 is 2.08 bits per heavy atom. The van der Waals surface area contributed by atoms with Crippen molar-refractivity contribution in [2.75, 3.05) is 0 Å². The number of rotatable bonds is 1. The average Bonchev–Trinajstić information content (AvgIpc) is 2.48. The van der Waals surface area contributed by atoms with Crippen LogP contribution < -0.4 is 0 Å². The molecule has 0 aliphatic rings. The van der Waals surface area contributed by atoms with Gasteiger partial charge in [-0.05, 0) is 31.9 Å². The van der Waals surface area contributed by atoms with Gasteiger partial charge in [0.25, 0.3) is 0 Å². The lowest BCUT2D eigenvalue weighted by molar-refractivity contribution is 0.821. The van der Waals surface area contributed by atoms with Gasteiger partial charge >= 0.3 is 0 Å². The van der Waals surface area contributed by atoms with Gasteiger partial charge in [0, 0.05) is 0 Å². The van der Waals surface area contributed by atoms with Crippen LogP contribution in [0.3, 0.4) is 0 Å². The van der Waals surface area contributed by atoms with Gasteiger partial charge in [0.15, 0.2) is 11.5 Å². The van der Waals surface area contributed by atoms with E-state index in [9.17, 15) is 0 Å². The van der Waals surface area contributed by atoms with Crippen molar-refractivity contribution in [3.05, 3.63) is 23.1 Å². The normalized spacial score (nSPS) is 11.0. The molecule has 0 aliphatic carbocycles. The van der Waals surface area contributed by atoms with Gasteiger partial charge in [-0.3, -0.25) is 0 Å². The molecule has 0 radical (unpaired) electrons. The van der Waals surface area contributed by atoms with Crippen molar-refractivity contribution in [3.8, 4) is 0 Å². The number of hydrogen-bond donors (Lipinski definition) is 0. The molecule has 0 N–H and O–H groups in total. The summed E-state index contributed by atoms with van der Waals surface area (Å²) in [5, 5.41) is 12.4. The minimum absolute atomic E-state index is 0.841. The first-order valence-corrected chi connectivity index (χ1v) is 4.41. The third-order valence-electron chi connectivity index (χ3n) is 2.12. The van der Waals surface area contributed by atoms with Crippen molar-refractivity contribution < 1.29 is 0 Å². The van der Waals surface area contributed by atoms with Crippen LogP contribution in [0.15, 0.2) is 6.07 Å². The summed E-state index contributed by atoms with van der Waals surface area (Å²) in [5.41, 5.74) is 3.06. The van der Waals surface area contributed by atoms with E-state index in [0.717, 1.165) is 29.1 Å². The second-order valence-corrected chi connectivity index (χ2v) is 3.15. The van der Waals surface area contributed by atoms with E-state index >= 15 is 0 Å². The highest BCUT2D eigenvalue weighted by Gasteiger charge is 2.05. The second kappa shape index (κ2) is 2.80. The molecule has 0 saturated carbocycles. The molecule has 0 aliphatic heterocycles. The zero-order valence-corrected chi connectivity index (χ0v) is 8.07. The highest BCUT2D eigenvalue weighted by Crippen LogP contribution is 2.09. The van der Waals surface area contributed by atoms with Crippen molar-refractivity contribution in [3.63, 3.8) is 0 Å². The van der Waals surface area contributed by atoms with Gasteiger partial charge < -0.3 is 0 Å². The molecule has 0 amide bonds. The zero-order chi connectivity index (χ0) is 9.42. The number of fused-ring (bicyclic) bond motifs is 1. The Morgan fingerprint density at radius 3 is 2.77 bits per heavy atom. The Hall–Kier alpha value is -1.45. The number of aromatic nitrogens is 4. The molecule has 2 aromatic heterocycles. The van der Waals surface area contributed by atoms with E-state index in [4.69, 9.17) is 0 Å². The SMILES string of the molecule is CCc1cc(C)c2nnc(C)n2n1. The quantitative estimate of drug-likeness (QED) is 0.657. The summed E-state index contributed by atoms with van der Waals surface area (Å²) in [4.78, 5) is 0. The molecule has 0 saturated heterocycles. The molecular formula is C9H12N4. The molecule has 4 nitrogen and oxygen atoms in total. The lowest BCUT2D eigenvalue weighted by atomic mass is 10.2. The van der Waals surface area contributed by atoms with Gasteiger partial charge in [0.1, 0.15) is 0 Å². The molecule has 0 aromatic carbocycles. The van der Waals surface area contributed by atoms with Crippen LogP contribution in [-0.2, 0) is 6.42 Å². The maximum atomic E-state index is 4.41. The topological polar surface area (TPSA) is 43.1 Å². The number of nitrogens with zero attached hydrogens (tertiary/aromatic N) is 4. The van der Waals surface area contributed by atoms with Gasteiger partial charge in [-0.25, -0.2) is 0 Å². The van der Waals surface area contributed by atoms with Crippen molar-refractivity contribution in [1.82, 2.24) is 19.8 Å². The Bertz CT molecular complexity index is 444. The maximum Gasteiger partial charge on any atom is 0.180 e. The number of hydrogen-bond acceptors (Lipinski definition) is 3. The monoisotopic (exact) mass is 176 g/mol. The van der Waals surface area contributed by atoms with Crippen LogP contribution >= 0.6 is 0 Å². The summed E-state index contributed by atoms with van der Waals surface area (Å²) < 4.78 is 1.80. The van der Waals surface area contributed by atoms with Crippen LogP contribution in [-0.4, -0.2) is 19.8 Å². The smallest absolute Gasteiger partial charge is 0.180 e. The fourth-order valence-electron chi connectivity index (χ4n) is 1.37. The molecule has 0 atom stereocenters. The van der Waals surface area contributed by atoms with Crippen LogP contribution in [0.4, 0.5) is 0 Å². The lowest BCUT2D eigenvalue weighted by Crippen LogP contribution is -2.00. The van der Waals surface area contributed by atoms with Crippen LogP contribution in [0.25, 0.3) is 5.65 Å². The van der Waals surface area contributed by atoms with Crippen LogP contribution in [0.5, 0.6) is 0 Å². The Labute approximate surface area is 76.6 Å². The molecule has 4 heteroatoms. The van der Waals surface area contributed by atoms with Crippen LogP contribution in [0, 0.1) is 13.8 Å². The summed E-state index contributed by atoms with van der Waals surface area (Å²) in [6.07, 6.45) is 0.939.